The summed E-state index contributed by atoms with van der Waals surface area (Å²) in [7, 11) is 0. The number of nitrogens with two attached hydrogens (primary N) is 1. The highest BCUT2D eigenvalue weighted by atomic mass is 16.5. The Labute approximate surface area is 102 Å². The maximum Gasteiger partial charge on any atom is 0.351 e. The summed E-state index contributed by atoms with van der Waals surface area (Å²) in [6.45, 7) is -0.681. The van der Waals surface area contributed by atoms with Crippen LogP contribution in [0.5, 0.6) is 0 Å². The van der Waals surface area contributed by atoms with Gasteiger partial charge in [-0.25, -0.2) is 4.79 Å². The molecule has 1 aromatic rings. The van der Waals surface area contributed by atoms with Crippen LogP contribution in [0.25, 0.3) is 0 Å². The Bertz CT molecular complexity index is 489. The fraction of sp³-hybridized carbons (Fsp3) is 0.600. The number of aliphatic hydroxyl groups excluding tert-OH is 3. The molecule has 1 aromatic heterocycles. The fourth-order valence-electron chi connectivity index (χ4n) is 1.90. The minimum absolute atomic E-state index is 0.0315. The van der Waals surface area contributed by atoms with Gasteiger partial charge in [-0.3, -0.25) is 4.57 Å². The van der Waals surface area contributed by atoms with Gasteiger partial charge in [0.2, 0.25) is 0 Å². The van der Waals surface area contributed by atoms with Crippen LogP contribution in [0.15, 0.2) is 11.0 Å². The lowest BCUT2D eigenvalue weighted by Crippen LogP contribution is -2.29. The minimum atomic E-state index is -0.845. The number of hydrogen-bond acceptors (Lipinski definition) is 7. The minimum Gasteiger partial charge on any atom is -0.394 e. The van der Waals surface area contributed by atoms with E-state index in [1.165, 1.54) is 6.20 Å². The SMILES string of the molecule is Nc1nc(=O)n([C@H]2CC(O)[C@@H](CO)O2)cc1CO. The van der Waals surface area contributed by atoms with Crippen LogP contribution >= 0.6 is 0 Å². The number of anilines is 1. The van der Waals surface area contributed by atoms with E-state index in [4.69, 9.17) is 20.7 Å². The van der Waals surface area contributed by atoms with Crippen LogP contribution in [0.4, 0.5) is 5.82 Å². The zero-order valence-electron chi connectivity index (χ0n) is 9.56. The third-order valence-electron chi connectivity index (χ3n) is 2.93. The summed E-state index contributed by atoms with van der Waals surface area (Å²) in [6, 6.07) is 0. The van der Waals surface area contributed by atoms with Crippen molar-refractivity contribution in [3.8, 4) is 0 Å². The molecule has 1 unspecified atom stereocenters. The highest BCUT2D eigenvalue weighted by molar-refractivity contribution is 5.36. The average Bonchev–Trinajstić information content (AvgIpc) is 2.70. The smallest absolute Gasteiger partial charge is 0.351 e. The Morgan fingerprint density at radius 2 is 2.28 bits per heavy atom. The Hall–Kier alpha value is -1.48. The maximum atomic E-state index is 11.7. The van der Waals surface area contributed by atoms with Gasteiger partial charge in [0, 0.05) is 18.2 Å². The molecule has 2 rings (SSSR count). The molecule has 1 fully saturated rings. The standard InChI is InChI=1S/C10H15N3O5/c11-9-5(3-14)2-13(10(17)12-9)8-1-6(16)7(4-15)18-8/h2,6-8,14-16H,1,3-4H2,(H2,11,12,17)/t6?,7-,8-/m1/s1. The third-order valence-corrected chi connectivity index (χ3v) is 2.93. The van der Waals surface area contributed by atoms with Crippen LogP contribution in [0.1, 0.15) is 18.2 Å². The molecule has 2 heterocycles. The lowest BCUT2D eigenvalue weighted by Gasteiger charge is -2.15. The van der Waals surface area contributed by atoms with E-state index >= 15 is 0 Å². The van der Waals surface area contributed by atoms with Gasteiger partial charge in [-0.1, -0.05) is 0 Å². The largest absolute Gasteiger partial charge is 0.394 e. The number of rotatable bonds is 3. The summed E-state index contributed by atoms with van der Waals surface area (Å²) in [4.78, 5) is 15.2. The van der Waals surface area contributed by atoms with Crippen molar-refractivity contribution >= 4 is 5.82 Å². The first-order chi connectivity index (χ1) is 8.56. The topological polar surface area (TPSA) is 131 Å². The molecule has 0 aliphatic carbocycles. The van der Waals surface area contributed by atoms with Crippen molar-refractivity contribution in [2.45, 2.75) is 31.5 Å². The Morgan fingerprint density at radius 3 is 2.83 bits per heavy atom. The van der Waals surface area contributed by atoms with Gasteiger partial charge in [0.1, 0.15) is 18.1 Å². The van der Waals surface area contributed by atoms with Crippen molar-refractivity contribution in [1.82, 2.24) is 9.55 Å². The predicted octanol–water partition coefficient (Wildman–Crippen LogP) is -2.04. The number of aromatic nitrogens is 2. The molecular formula is C10H15N3O5. The zero-order valence-corrected chi connectivity index (χ0v) is 9.56. The number of ether oxygens (including phenoxy) is 1. The van der Waals surface area contributed by atoms with Crippen molar-refractivity contribution in [2.24, 2.45) is 0 Å². The molecule has 0 radical (unpaired) electrons. The molecule has 1 aliphatic heterocycles. The molecule has 5 N–H and O–H groups in total. The van der Waals surface area contributed by atoms with E-state index in [0.29, 0.717) is 5.56 Å². The van der Waals surface area contributed by atoms with Crippen LogP contribution in [0.2, 0.25) is 0 Å². The molecule has 8 nitrogen and oxygen atoms in total. The van der Waals surface area contributed by atoms with E-state index in [1.54, 1.807) is 0 Å². The van der Waals surface area contributed by atoms with Gasteiger partial charge in [-0.15, -0.1) is 0 Å². The first kappa shape index (κ1) is 13.0. The van der Waals surface area contributed by atoms with Crippen molar-refractivity contribution in [3.63, 3.8) is 0 Å². The van der Waals surface area contributed by atoms with Crippen molar-refractivity contribution in [3.05, 3.63) is 22.2 Å². The molecule has 1 saturated heterocycles. The van der Waals surface area contributed by atoms with Gasteiger partial charge in [0.25, 0.3) is 0 Å². The molecule has 3 atom stereocenters. The van der Waals surface area contributed by atoms with Crippen molar-refractivity contribution < 1.29 is 20.1 Å². The zero-order chi connectivity index (χ0) is 13.3. The lowest BCUT2D eigenvalue weighted by atomic mass is 10.2. The Balaban J connectivity index is 2.32. The molecular weight excluding hydrogens is 242 g/mol. The molecule has 1 aliphatic rings. The summed E-state index contributed by atoms with van der Waals surface area (Å²) >= 11 is 0. The normalized spacial score (nSPS) is 27.6. The quantitative estimate of drug-likeness (QED) is 0.490. The van der Waals surface area contributed by atoms with Gasteiger partial charge in [0.05, 0.1) is 19.3 Å². The molecule has 8 heteroatoms. The number of aliphatic hydroxyl groups is 3. The van der Waals surface area contributed by atoms with Gasteiger partial charge >= 0.3 is 5.69 Å². The van der Waals surface area contributed by atoms with Crippen molar-refractivity contribution in [2.75, 3.05) is 12.3 Å². The second kappa shape index (κ2) is 5.02. The molecule has 100 valence electrons. The van der Waals surface area contributed by atoms with Gasteiger partial charge in [-0.05, 0) is 0 Å². The van der Waals surface area contributed by atoms with Gasteiger partial charge in [-0.2, -0.15) is 4.98 Å². The van der Waals surface area contributed by atoms with Crippen LogP contribution in [-0.4, -0.2) is 43.7 Å². The third kappa shape index (κ3) is 2.23. The predicted molar refractivity (Wildman–Crippen MR) is 60.5 cm³/mol. The van der Waals surface area contributed by atoms with E-state index < -0.39 is 24.1 Å². The maximum absolute atomic E-state index is 11.7. The summed E-state index contributed by atoms with van der Waals surface area (Å²) < 4.78 is 6.48. The van der Waals surface area contributed by atoms with E-state index in [-0.39, 0.29) is 25.5 Å². The van der Waals surface area contributed by atoms with E-state index in [1.807, 2.05) is 0 Å². The van der Waals surface area contributed by atoms with E-state index in [2.05, 4.69) is 4.98 Å². The second-order valence-corrected chi connectivity index (χ2v) is 4.11. The van der Waals surface area contributed by atoms with Gasteiger partial charge < -0.3 is 25.8 Å². The van der Waals surface area contributed by atoms with Crippen LogP contribution in [0.3, 0.4) is 0 Å². The first-order valence-corrected chi connectivity index (χ1v) is 5.49. The summed E-state index contributed by atoms with van der Waals surface area (Å²) in [5.74, 6) is -0.0315. The highest BCUT2D eigenvalue weighted by Crippen LogP contribution is 2.27. The summed E-state index contributed by atoms with van der Waals surface area (Å²) in [5.41, 5.74) is 5.15. The Kier molecular flexibility index (Phi) is 3.62. The second-order valence-electron chi connectivity index (χ2n) is 4.11. The molecule has 0 amide bonds. The molecule has 0 bridgehead atoms. The Morgan fingerprint density at radius 1 is 1.56 bits per heavy atom. The molecule has 18 heavy (non-hydrogen) atoms. The van der Waals surface area contributed by atoms with Crippen LogP contribution in [0, 0.1) is 0 Å². The fourth-order valence-corrected chi connectivity index (χ4v) is 1.90. The number of nitrogens with zero attached hydrogens (tertiary/aromatic N) is 2. The van der Waals surface area contributed by atoms with Gasteiger partial charge in [0.15, 0.2) is 0 Å². The number of nitrogen functional groups attached to an aromatic ring is 1. The van der Waals surface area contributed by atoms with Crippen molar-refractivity contribution in [1.29, 1.82) is 0 Å². The average molecular weight is 257 g/mol. The van der Waals surface area contributed by atoms with E-state index in [0.717, 1.165) is 4.57 Å². The van der Waals surface area contributed by atoms with Crippen LogP contribution < -0.4 is 11.4 Å². The van der Waals surface area contributed by atoms with E-state index in [9.17, 15) is 9.90 Å². The molecule has 0 saturated carbocycles. The molecule has 0 aromatic carbocycles. The lowest BCUT2D eigenvalue weighted by molar-refractivity contribution is -0.0459. The van der Waals surface area contributed by atoms with Crippen LogP contribution in [-0.2, 0) is 11.3 Å². The number of hydrogen-bond donors (Lipinski definition) is 4. The molecule has 0 spiro atoms. The summed E-state index contributed by atoms with van der Waals surface area (Å²) in [6.07, 6.45) is -0.772. The monoisotopic (exact) mass is 257 g/mol. The first-order valence-electron chi connectivity index (χ1n) is 5.49. The summed E-state index contributed by atoms with van der Waals surface area (Å²) in [5, 5.41) is 27.6. The highest BCUT2D eigenvalue weighted by Gasteiger charge is 2.35.